The minimum absolute atomic E-state index is 0.133. The Morgan fingerprint density at radius 3 is 2.52 bits per heavy atom. The number of aliphatic hydroxyl groups excluding tert-OH is 1. The highest BCUT2D eigenvalue weighted by atomic mass is 35.5. The topological polar surface area (TPSA) is 49.3 Å². The number of rotatable bonds is 11. The van der Waals surface area contributed by atoms with Gasteiger partial charge in [0.1, 0.15) is 0 Å². The van der Waals surface area contributed by atoms with Crippen LogP contribution in [0, 0.1) is 0 Å². The fraction of sp³-hybridized carbons (Fsp3) is 0.562. The summed E-state index contributed by atoms with van der Waals surface area (Å²) in [4.78, 5) is 12.8. The highest BCUT2D eigenvalue weighted by Gasteiger charge is 2.01. The zero-order valence-corrected chi connectivity index (χ0v) is 13.9. The number of nitrogens with one attached hydrogen (secondary N) is 1. The van der Waals surface area contributed by atoms with Gasteiger partial charge in [-0.05, 0) is 49.3 Å². The van der Waals surface area contributed by atoms with E-state index in [4.69, 9.17) is 16.7 Å². The van der Waals surface area contributed by atoms with Gasteiger partial charge in [-0.25, -0.2) is 0 Å². The van der Waals surface area contributed by atoms with Crippen molar-refractivity contribution in [3.05, 3.63) is 29.3 Å². The number of benzene rings is 1. The number of halogens is 1. The van der Waals surface area contributed by atoms with Gasteiger partial charge in [0.25, 0.3) is 0 Å². The summed E-state index contributed by atoms with van der Waals surface area (Å²) in [5.74, 6) is 1.07. The number of hydrogen-bond donors (Lipinski definition) is 2. The monoisotopic (exact) mass is 329 g/mol. The van der Waals surface area contributed by atoms with Crippen LogP contribution >= 0.6 is 23.4 Å². The summed E-state index contributed by atoms with van der Waals surface area (Å²) in [5.41, 5.74) is 0. The zero-order valence-electron chi connectivity index (χ0n) is 12.3. The molecule has 0 atom stereocenters. The van der Waals surface area contributed by atoms with E-state index in [1.165, 1.54) is 4.90 Å². The first kappa shape index (κ1) is 18.3. The largest absolute Gasteiger partial charge is 0.396 e. The molecule has 0 fully saturated rings. The molecule has 0 saturated heterocycles. The number of carbonyl (C=O) groups excluding carboxylic acids is 1. The molecule has 2 N–H and O–H groups in total. The molecule has 5 heteroatoms. The molecule has 21 heavy (non-hydrogen) atoms. The fourth-order valence-corrected chi connectivity index (χ4v) is 2.84. The molecule has 0 saturated carbocycles. The normalized spacial score (nSPS) is 10.6. The number of unbranched alkanes of at least 4 members (excludes halogenated alkanes) is 3. The molecular formula is C16H24ClNO2S. The molecule has 0 unspecified atom stereocenters. The molecule has 3 nitrogen and oxygen atoms in total. The maximum Gasteiger partial charge on any atom is 0.220 e. The maximum absolute atomic E-state index is 11.6. The second-order valence-corrected chi connectivity index (χ2v) is 6.50. The van der Waals surface area contributed by atoms with Gasteiger partial charge in [-0.2, -0.15) is 0 Å². The van der Waals surface area contributed by atoms with Crippen LogP contribution in [0.2, 0.25) is 5.02 Å². The smallest absolute Gasteiger partial charge is 0.220 e. The first-order valence-electron chi connectivity index (χ1n) is 7.48. The molecule has 118 valence electrons. The van der Waals surface area contributed by atoms with Crippen molar-refractivity contribution in [1.29, 1.82) is 0 Å². The van der Waals surface area contributed by atoms with Crippen LogP contribution in [0.3, 0.4) is 0 Å². The molecule has 0 spiro atoms. The average molecular weight is 330 g/mol. The van der Waals surface area contributed by atoms with Crippen LogP contribution in [-0.4, -0.2) is 29.9 Å². The number of thioether (sulfide) groups is 1. The van der Waals surface area contributed by atoms with Crippen LogP contribution in [0.25, 0.3) is 0 Å². The van der Waals surface area contributed by atoms with Gasteiger partial charge < -0.3 is 10.4 Å². The van der Waals surface area contributed by atoms with Crippen molar-refractivity contribution in [3.8, 4) is 0 Å². The maximum atomic E-state index is 11.6. The van der Waals surface area contributed by atoms with Gasteiger partial charge in [-0.15, -0.1) is 11.8 Å². The van der Waals surface area contributed by atoms with E-state index in [-0.39, 0.29) is 12.5 Å². The van der Waals surface area contributed by atoms with E-state index in [0.717, 1.165) is 49.4 Å². The SMILES string of the molecule is O=C(CCCSc1ccc(Cl)cc1)NCCCCCCO. The van der Waals surface area contributed by atoms with E-state index in [0.29, 0.717) is 6.42 Å². The summed E-state index contributed by atoms with van der Waals surface area (Å²) in [5, 5.41) is 12.3. The van der Waals surface area contributed by atoms with E-state index >= 15 is 0 Å². The highest BCUT2D eigenvalue weighted by Crippen LogP contribution is 2.21. The van der Waals surface area contributed by atoms with Crippen molar-refractivity contribution < 1.29 is 9.90 Å². The van der Waals surface area contributed by atoms with Crippen LogP contribution in [0.1, 0.15) is 38.5 Å². The number of amides is 1. The molecule has 1 aromatic rings. The van der Waals surface area contributed by atoms with Gasteiger partial charge in [-0.3, -0.25) is 4.79 Å². The summed E-state index contributed by atoms with van der Waals surface area (Å²) in [6.45, 7) is 1.01. The Bertz CT molecular complexity index is 398. The Kier molecular flexibility index (Phi) is 10.4. The quantitative estimate of drug-likeness (QED) is 0.478. The zero-order chi connectivity index (χ0) is 15.3. The van der Waals surface area contributed by atoms with Crippen molar-refractivity contribution in [3.63, 3.8) is 0 Å². The van der Waals surface area contributed by atoms with Crippen LogP contribution in [0.4, 0.5) is 0 Å². The predicted molar refractivity (Wildman–Crippen MR) is 90.0 cm³/mol. The third kappa shape index (κ3) is 9.77. The Balaban J connectivity index is 1.97. The Labute approximate surface area is 136 Å². The average Bonchev–Trinajstić information content (AvgIpc) is 2.49. The third-order valence-electron chi connectivity index (χ3n) is 3.04. The van der Waals surface area contributed by atoms with Crippen molar-refractivity contribution in [1.82, 2.24) is 5.32 Å². The summed E-state index contributed by atoms with van der Waals surface area (Å²) < 4.78 is 0. The summed E-state index contributed by atoms with van der Waals surface area (Å²) in [7, 11) is 0. The van der Waals surface area contributed by atoms with Crippen molar-refractivity contribution >= 4 is 29.3 Å². The molecule has 0 aliphatic rings. The second-order valence-electron chi connectivity index (χ2n) is 4.89. The lowest BCUT2D eigenvalue weighted by Gasteiger charge is -2.05. The van der Waals surface area contributed by atoms with Gasteiger partial charge in [0.15, 0.2) is 0 Å². The molecule has 0 bridgehead atoms. The minimum atomic E-state index is 0.133. The van der Waals surface area contributed by atoms with Gasteiger partial charge in [0.2, 0.25) is 5.91 Å². The third-order valence-corrected chi connectivity index (χ3v) is 4.39. The van der Waals surface area contributed by atoms with Gasteiger partial charge in [0.05, 0.1) is 0 Å². The first-order valence-corrected chi connectivity index (χ1v) is 8.84. The molecule has 0 aliphatic carbocycles. The first-order chi connectivity index (χ1) is 10.2. The lowest BCUT2D eigenvalue weighted by atomic mass is 10.2. The number of hydrogen-bond acceptors (Lipinski definition) is 3. The summed E-state index contributed by atoms with van der Waals surface area (Å²) in [6.07, 6.45) is 5.40. The summed E-state index contributed by atoms with van der Waals surface area (Å²) in [6, 6.07) is 7.76. The van der Waals surface area contributed by atoms with Gasteiger partial charge >= 0.3 is 0 Å². The van der Waals surface area contributed by atoms with Crippen LogP contribution in [0.15, 0.2) is 29.2 Å². The van der Waals surface area contributed by atoms with E-state index in [2.05, 4.69) is 5.32 Å². The van der Waals surface area contributed by atoms with E-state index in [1.54, 1.807) is 11.8 Å². The molecule has 0 heterocycles. The number of carbonyl (C=O) groups is 1. The molecule has 1 aromatic carbocycles. The fourth-order valence-electron chi connectivity index (χ4n) is 1.86. The Morgan fingerprint density at radius 1 is 1.10 bits per heavy atom. The molecule has 0 aliphatic heterocycles. The molecule has 0 aromatic heterocycles. The Hall–Kier alpha value is -0.710. The summed E-state index contributed by atoms with van der Waals surface area (Å²) >= 11 is 7.57. The van der Waals surface area contributed by atoms with Gasteiger partial charge in [0, 0.05) is 29.5 Å². The predicted octanol–water partition coefficient (Wildman–Crippen LogP) is 3.88. The molecule has 1 amide bonds. The van der Waals surface area contributed by atoms with Crippen LogP contribution in [0.5, 0.6) is 0 Å². The van der Waals surface area contributed by atoms with E-state index in [9.17, 15) is 4.79 Å². The van der Waals surface area contributed by atoms with Crippen molar-refractivity contribution in [2.75, 3.05) is 18.9 Å². The number of aliphatic hydroxyl groups is 1. The molecule has 1 rings (SSSR count). The Morgan fingerprint density at radius 2 is 1.81 bits per heavy atom. The molecular weight excluding hydrogens is 306 g/mol. The van der Waals surface area contributed by atoms with Crippen LogP contribution in [-0.2, 0) is 4.79 Å². The highest BCUT2D eigenvalue weighted by molar-refractivity contribution is 7.99. The lowest BCUT2D eigenvalue weighted by molar-refractivity contribution is -0.121. The van der Waals surface area contributed by atoms with E-state index < -0.39 is 0 Å². The van der Waals surface area contributed by atoms with Crippen molar-refractivity contribution in [2.24, 2.45) is 0 Å². The second kappa shape index (κ2) is 11.9. The van der Waals surface area contributed by atoms with Gasteiger partial charge in [-0.1, -0.05) is 24.4 Å². The molecule has 0 radical (unpaired) electrons. The standard InChI is InChI=1S/C16H24ClNO2S/c17-14-7-9-15(10-8-14)21-13-5-6-16(20)18-11-3-1-2-4-12-19/h7-10,19H,1-6,11-13H2,(H,18,20). The minimum Gasteiger partial charge on any atom is -0.396 e. The van der Waals surface area contributed by atoms with E-state index in [1.807, 2.05) is 24.3 Å². The lowest BCUT2D eigenvalue weighted by Crippen LogP contribution is -2.24. The van der Waals surface area contributed by atoms with Crippen LogP contribution < -0.4 is 5.32 Å². The van der Waals surface area contributed by atoms with Crippen molar-refractivity contribution in [2.45, 2.75) is 43.4 Å².